The number of hydrogen-bond donors (Lipinski definition) is 2. The minimum atomic E-state index is -0.678. The van der Waals surface area contributed by atoms with Crippen molar-refractivity contribution in [3.05, 3.63) is 0 Å². The fourth-order valence-electron chi connectivity index (χ4n) is 2.67. The summed E-state index contributed by atoms with van der Waals surface area (Å²) < 4.78 is 0. The Morgan fingerprint density at radius 1 is 0.818 bits per heavy atom. The molecule has 1 atom stereocenters. The molecule has 0 saturated carbocycles. The summed E-state index contributed by atoms with van der Waals surface area (Å²) in [7, 11) is 0. The van der Waals surface area contributed by atoms with Crippen LogP contribution in [-0.4, -0.2) is 45.3 Å². The summed E-state index contributed by atoms with van der Waals surface area (Å²) >= 11 is 0. The van der Waals surface area contributed by atoms with Crippen LogP contribution in [0.15, 0.2) is 0 Å². The van der Waals surface area contributed by atoms with E-state index in [0.717, 1.165) is 38.5 Å². The minimum Gasteiger partial charge on any atom is -1.00 e. The average molecular weight is 327 g/mol. The molecule has 0 aromatic heterocycles. The van der Waals surface area contributed by atoms with Crippen LogP contribution in [0.1, 0.15) is 106 Å². The van der Waals surface area contributed by atoms with E-state index >= 15 is 0 Å². The van der Waals surface area contributed by atoms with Gasteiger partial charge in [-0.1, -0.05) is 77.6 Å². The number of carboxylic acid groups (broad SMARTS) is 1. The number of aliphatic hydroxyl groups excluding tert-OH is 1. The summed E-state index contributed by atoms with van der Waals surface area (Å²) in [5.41, 5.74) is 0. The first-order chi connectivity index (χ1) is 10.2. The molecule has 4 heteroatoms. The SMILES string of the molecule is CCCCCCC(O)CCCCCCCCCCC(=O)O.[H-].[H-].[Mg+2]. The largest absolute Gasteiger partial charge is 2.00 e. The van der Waals surface area contributed by atoms with Crippen LogP contribution in [0, 0.1) is 0 Å². The quantitative estimate of drug-likeness (QED) is 0.305. The van der Waals surface area contributed by atoms with Crippen LogP contribution in [0.4, 0.5) is 0 Å². The summed E-state index contributed by atoms with van der Waals surface area (Å²) in [6, 6.07) is 0. The molecule has 0 aliphatic rings. The van der Waals surface area contributed by atoms with Gasteiger partial charge < -0.3 is 13.1 Å². The van der Waals surface area contributed by atoms with E-state index < -0.39 is 5.97 Å². The summed E-state index contributed by atoms with van der Waals surface area (Å²) in [6.45, 7) is 2.21. The van der Waals surface area contributed by atoms with Crippen LogP contribution in [-0.2, 0) is 4.79 Å². The van der Waals surface area contributed by atoms with Gasteiger partial charge in [0.2, 0.25) is 0 Å². The van der Waals surface area contributed by atoms with Crippen LogP contribution in [0.25, 0.3) is 0 Å². The van der Waals surface area contributed by atoms with Crippen LogP contribution in [0.5, 0.6) is 0 Å². The predicted octanol–water partition coefficient (Wildman–Crippen LogP) is 5.15. The molecule has 0 rings (SSSR count). The molecular formula is C18H38MgO3. The van der Waals surface area contributed by atoms with E-state index in [0.29, 0.717) is 6.42 Å². The second kappa shape index (κ2) is 19.2. The number of hydrogen-bond acceptors (Lipinski definition) is 2. The predicted molar refractivity (Wildman–Crippen MR) is 96.5 cm³/mol. The summed E-state index contributed by atoms with van der Waals surface area (Å²) in [6.07, 6.45) is 16.3. The van der Waals surface area contributed by atoms with Gasteiger partial charge in [0.15, 0.2) is 0 Å². The first-order valence-corrected chi connectivity index (χ1v) is 9.06. The van der Waals surface area contributed by atoms with Gasteiger partial charge in [-0.25, -0.2) is 0 Å². The van der Waals surface area contributed by atoms with Crippen LogP contribution in [0.2, 0.25) is 0 Å². The number of aliphatic carboxylic acids is 1. The van der Waals surface area contributed by atoms with Crippen LogP contribution < -0.4 is 0 Å². The second-order valence-electron chi connectivity index (χ2n) is 6.26. The Morgan fingerprint density at radius 2 is 1.23 bits per heavy atom. The van der Waals surface area contributed by atoms with Crippen molar-refractivity contribution in [1.82, 2.24) is 0 Å². The average Bonchev–Trinajstić information content (AvgIpc) is 2.45. The van der Waals surface area contributed by atoms with Gasteiger partial charge in [0.1, 0.15) is 0 Å². The Morgan fingerprint density at radius 3 is 1.68 bits per heavy atom. The number of carbonyl (C=O) groups is 1. The van der Waals surface area contributed by atoms with Gasteiger partial charge >= 0.3 is 29.0 Å². The Bertz CT molecular complexity index is 244. The molecule has 0 aliphatic carbocycles. The molecule has 0 heterocycles. The van der Waals surface area contributed by atoms with Crippen molar-refractivity contribution in [1.29, 1.82) is 0 Å². The third-order valence-electron chi connectivity index (χ3n) is 4.07. The number of carboxylic acids is 1. The molecule has 0 radical (unpaired) electrons. The maximum Gasteiger partial charge on any atom is 2.00 e. The standard InChI is InChI=1S/C18H36O3.Mg.2H/c1-2-3-4-11-14-17(19)15-12-9-7-5-6-8-10-13-16-18(20)21;;;/h17,19H,2-16H2,1H3,(H,20,21);;;/q;+2;2*-1. The fourth-order valence-corrected chi connectivity index (χ4v) is 2.67. The van der Waals surface area contributed by atoms with Gasteiger partial charge in [0, 0.05) is 6.42 Å². The van der Waals surface area contributed by atoms with Crippen molar-refractivity contribution in [2.45, 2.75) is 109 Å². The van der Waals surface area contributed by atoms with Crippen LogP contribution >= 0.6 is 0 Å². The molecule has 0 aromatic carbocycles. The van der Waals surface area contributed by atoms with E-state index in [1.54, 1.807) is 0 Å². The van der Waals surface area contributed by atoms with Crippen molar-refractivity contribution >= 4 is 29.0 Å². The van der Waals surface area contributed by atoms with Crippen molar-refractivity contribution in [2.75, 3.05) is 0 Å². The molecule has 0 amide bonds. The van der Waals surface area contributed by atoms with Gasteiger partial charge in [-0.3, -0.25) is 4.79 Å². The Hall–Kier alpha value is 0.196. The molecule has 0 fully saturated rings. The number of unbranched alkanes of at least 4 members (excludes halogenated alkanes) is 10. The first-order valence-electron chi connectivity index (χ1n) is 9.06. The van der Waals surface area contributed by atoms with Crippen LogP contribution in [0.3, 0.4) is 0 Å². The second-order valence-corrected chi connectivity index (χ2v) is 6.26. The zero-order valence-corrected chi connectivity index (χ0v) is 16.1. The molecule has 0 spiro atoms. The monoisotopic (exact) mass is 326 g/mol. The molecule has 130 valence electrons. The maximum absolute atomic E-state index is 10.3. The maximum atomic E-state index is 10.3. The van der Waals surface area contributed by atoms with Gasteiger partial charge in [0.05, 0.1) is 6.10 Å². The van der Waals surface area contributed by atoms with Crippen molar-refractivity contribution in [3.63, 3.8) is 0 Å². The van der Waals surface area contributed by atoms with Gasteiger partial charge in [-0.05, 0) is 19.3 Å². The number of aliphatic hydroxyl groups is 1. The topological polar surface area (TPSA) is 57.5 Å². The van der Waals surface area contributed by atoms with Crippen molar-refractivity contribution in [3.8, 4) is 0 Å². The first kappa shape index (κ1) is 24.4. The van der Waals surface area contributed by atoms with E-state index in [-0.39, 0.29) is 32.0 Å². The summed E-state index contributed by atoms with van der Waals surface area (Å²) in [4.78, 5) is 10.3. The molecule has 0 saturated heterocycles. The molecular weight excluding hydrogens is 288 g/mol. The molecule has 0 bridgehead atoms. The smallest absolute Gasteiger partial charge is 1.00 e. The third kappa shape index (κ3) is 20.2. The zero-order chi connectivity index (χ0) is 15.8. The van der Waals surface area contributed by atoms with E-state index in [1.807, 2.05) is 0 Å². The molecule has 0 aliphatic heterocycles. The molecule has 22 heavy (non-hydrogen) atoms. The van der Waals surface area contributed by atoms with E-state index in [1.165, 1.54) is 51.4 Å². The molecule has 3 nitrogen and oxygen atoms in total. The minimum absolute atomic E-state index is 0. The summed E-state index contributed by atoms with van der Waals surface area (Å²) in [5, 5.41) is 18.4. The van der Waals surface area contributed by atoms with Crippen molar-refractivity contribution < 1.29 is 17.9 Å². The molecule has 0 aromatic rings. The van der Waals surface area contributed by atoms with Crippen molar-refractivity contribution in [2.24, 2.45) is 0 Å². The normalized spacial score (nSPS) is 11.9. The van der Waals surface area contributed by atoms with Gasteiger partial charge in [-0.15, -0.1) is 0 Å². The summed E-state index contributed by atoms with van der Waals surface area (Å²) in [5.74, 6) is -0.678. The fraction of sp³-hybridized carbons (Fsp3) is 0.944. The van der Waals surface area contributed by atoms with Gasteiger partial charge in [0.25, 0.3) is 0 Å². The van der Waals surface area contributed by atoms with Gasteiger partial charge in [-0.2, -0.15) is 0 Å². The Balaban J connectivity index is -0.000000667. The molecule has 2 N–H and O–H groups in total. The number of rotatable bonds is 16. The Kier molecular flexibility index (Phi) is 21.4. The van der Waals surface area contributed by atoms with E-state index in [2.05, 4.69) is 6.92 Å². The zero-order valence-electron chi connectivity index (χ0n) is 16.7. The molecule has 1 unspecified atom stereocenters. The Labute approximate surface area is 156 Å². The van der Waals surface area contributed by atoms with E-state index in [9.17, 15) is 9.90 Å². The van der Waals surface area contributed by atoms with E-state index in [4.69, 9.17) is 5.11 Å². The third-order valence-corrected chi connectivity index (χ3v) is 4.07.